The molecule has 0 aliphatic carbocycles. The van der Waals surface area contributed by atoms with Gasteiger partial charge in [0, 0.05) is 45.8 Å². The molecule has 27 heavy (non-hydrogen) atoms. The quantitative estimate of drug-likeness (QED) is 0.719. The second-order valence-electron chi connectivity index (χ2n) is 7.28. The van der Waals surface area contributed by atoms with E-state index in [0.717, 1.165) is 52.1 Å². The van der Waals surface area contributed by atoms with Gasteiger partial charge in [0.25, 0.3) is 0 Å². The molecule has 2 fully saturated rings. The van der Waals surface area contributed by atoms with Gasteiger partial charge in [-0.15, -0.1) is 0 Å². The van der Waals surface area contributed by atoms with Crippen molar-refractivity contribution in [2.45, 2.75) is 18.9 Å². The number of carbonyl (C=O) groups is 1. The van der Waals surface area contributed by atoms with Gasteiger partial charge in [0.15, 0.2) is 11.5 Å². The number of methoxy groups -OCH3 is 1. The lowest BCUT2D eigenvalue weighted by Gasteiger charge is -2.35. The van der Waals surface area contributed by atoms with E-state index in [1.54, 1.807) is 7.11 Å². The third-order valence-corrected chi connectivity index (χ3v) is 5.25. The maximum absolute atomic E-state index is 12.2. The lowest BCUT2D eigenvalue weighted by Crippen LogP contribution is -2.51. The van der Waals surface area contributed by atoms with Crippen molar-refractivity contribution in [2.75, 3.05) is 66.1 Å². The van der Waals surface area contributed by atoms with Crippen LogP contribution in [0.4, 0.5) is 0 Å². The maximum Gasteiger partial charge on any atom is 0.236 e. The number of aliphatic hydroxyl groups excluding tert-OH is 1. The summed E-state index contributed by atoms with van der Waals surface area (Å²) >= 11 is 0. The maximum atomic E-state index is 12.2. The van der Waals surface area contributed by atoms with Crippen LogP contribution in [0, 0.1) is 0 Å². The number of ether oxygens (including phenoxy) is 2. The van der Waals surface area contributed by atoms with E-state index >= 15 is 0 Å². The van der Waals surface area contributed by atoms with Gasteiger partial charge in [0.1, 0.15) is 12.7 Å². The zero-order valence-corrected chi connectivity index (χ0v) is 16.2. The van der Waals surface area contributed by atoms with E-state index in [9.17, 15) is 9.90 Å². The number of rotatable bonds is 8. The van der Waals surface area contributed by atoms with E-state index in [-0.39, 0.29) is 12.5 Å². The zero-order valence-electron chi connectivity index (χ0n) is 16.2. The fourth-order valence-electron chi connectivity index (χ4n) is 3.66. The molecular formula is C20H31N3O4. The number of carbonyl (C=O) groups excluding carboxylic acids is 1. The molecule has 2 heterocycles. The largest absolute Gasteiger partial charge is 0.493 e. The first kappa shape index (κ1) is 19.9. The molecule has 1 aromatic rings. The lowest BCUT2D eigenvalue weighted by molar-refractivity contribution is -0.131. The summed E-state index contributed by atoms with van der Waals surface area (Å²) in [6, 6.07) is 7.44. The van der Waals surface area contributed by atoms with Crippen LogP contribution in [-0.2, 0) is 4.79 Å². The highest BCUT2D eigenvalue weighted by molar-refractivity contribution is 5.78. The van der Waals surface area contributed by atoms with Gasteiger partial charge >= 0.3 is 0 Å². The number of hydrogen-bond acceptors (Lipinski definition) is 6. The molecule has 2 aliphatic heterocycles. The highest BCUT2D eigenvalue weighted by Gasteiger charge is 2.24. The summed E-state index contributed by atoms with van der Waals surface area (Å²) in [6.07, 6.45) is 1.70. The Bertz CT molecular complexity index is 599. The fourth-order valence-corrected chi connectivity index (χ4v) is 3.66. The minimum Gasteiger partial charge on any atom is -0.493 e. The third-order valence-electron chi connectivity index (χ3n) is 5.25. The van der Waals surface area contributed by atoms with Crippen molar-refractivity contribution in [3.63, 3.8) is 0 Å². The number of β-amino-alcohol motifs (C(OH)–C–C–N with tert-alkyl or cyclic N) is 1. The summed E-state index contributed by atoms with van der Waals surface area (Å²) in [5.74, 6) is 1.57. The standard InChI is InChI=1S/C20H31N3O4/c1-26-18-6-2-3-7-19(18)27-16-17(24)14-21-10-12-22(13-11-21)15-20(25)23-8-4-5-9-23/h2-3,6-7,17,24H,4-5,8-16H2,1H3. The Balaban J connectivity index is 1.35. The van der Waals surface area contributed by atoms with Gasteiger partial charge in [-0.2, -0.15) is 0 Å². The van der Waals surface area contributed by atoms with Crippen molar-refractivity contribution in [2.24, 2.45) is 0 Å². The molecular weight excluding hydrogens is 346 g/mol. The molecule has 1 aromatic carbocycles. The number of amides is 1. The van der Waals surface area contributed by atoms with Gasteiger partial charge < -0.3 is 19.5 Å². The summed E-state index contributed by atoms with van der Waals surface area (Å²) in [7, 11) is 1.60. The van der Waals surface area contributed by atoms with E-state index in [0.29, 0.717) is 24.6 Å². The SMILES string of the molecule is COc1ccccc1OCC(O)CN1CCN(CC(=O)N2CCCC2)CC1. The van der Waals surface area contributed by atoms with Crippen molar-refractivity contribution >= 4 is 5.91 Å². The van der Waals surface area contributed by atoms with Crippen molar-refractivity contribution < 1.29 is 19.4 Å². The molecule has 1 atom stereocenters. The smallest absolute Gasteiger partial charge is 0.236 e. The summed E-state index contributed by atoms with van der Waals surface area (Å²) in [5.41, 5.74) is 0. The predicted molar refractivity (Wildman–Crippen MR) is 103 cm³/mol. The highest BCUT2D eigenvalue weighted by atomic mass is 16.5. The van der Waals surface area contributed by atoms with Crippen LogP contribution >= 0.6 is 0 Å². The molecule has 7 heteroatoms. The molecule has 0 aromatic heterocycles. The van der Waals surface area contributed by atoms with E-state index < -0.39 is 6.10 Å². The molecule has 0 spiro atoms. The number of likely N-dealkylation sites (tertiary alicyclic amines) is 1. The Morgan fingerprint density at radius 3 is 2.33 bits per heavy atom. The van der Waals surface area contributed by atoms with E-state index in [4.69, 9.17) is 9.47 Å². The van der Waals surface area contributed by atoms with Crippen LogP contribution in [0.1, 0.15) is 12.8 Å². The van der Waals surface area contributed by atoms with Gasteiger partial charge in [0.05, 0.1) is 13.7 Å². The molecule has 0 bridgehead atoms. The van der Waals surface area contributed by atoms with Gasteiger partial charge in [0.2, 0.25) is 5.91 Å². The molecule has 1 unspecified atom stereocenters. The number of benzene rings is 1. The first-order valence-corrected chi connectivity index (χ1v) is 9.82. The molecule has 2 aliphatic rings. The van der Waals surface area contributed by atoms with Crippen molar-refractivity contribution in [1.29, 1.82) is 0 Å². The Morgan fingerprint density at radius 2 is 1.67 bits per heavy atom. The first-order valence-electron chi connectivity index (χ1n) is 9.82. The lowest BCUT2D eigenvalue weighted by atomic mass is 10.2. The molecule has 2 saturated heterocycles. The molecule has 150 valence electrons. The van der Waals surface area contributed by atoms with Crippen molar-refractivity contribution in [3.05, 3.63) is 24.3 Å². The number of piperazine rings is 1. The number of para-hydroxylation sites is 2. The Kier molecular flexibility index (Phi) is 7.32. The highest BCUT2D eigenvalue weighted by Crippen LogP contribution is 2.25. The van der Waals surface area contributed by atoms with Crippen LogP contribution in [0.25, 0.3) is 0 Å². The zero-order chi connectivity index (χ0) is 19.1. The normalized spacial score (nSPS) is 19.9. The van der Waals surface area contributed by atoms with Gasteiger partial charge in [-0.25, -0.2) is 0 Å². The van der Waals surface area contributed by atoms with Gasteiger partial charge in [-0.1, -0.05) is 12.1 Å². The topological polar surface area (TPSA) is 65.5 Å². The number of nitrogens with zero attached hydrogens (tertiary/aromatic N) is 3. The van der Waals surface area contributed by atoms with Gasteiger partial charge in [-0.05, 0) is 25.0 Å². The van der Waals surface area contributed by atoms with E-state index in [2.05, 4.69) is 9.80 Å². The number of hydrogen-bond donors (Lipinski definition) is 1. The minimum atomic E-state index is -0.562. The average Bonchev–Trinajstić information content (AvgIpc) is 3.23. The Hall–Kier alpha value is -1.83. The molecule has 1 amide bonds. The summed E-state index contributed by atoms with van der Waals surface area (Å²) < 4.78 is 11.0. The van der Waals surface area contributed by atoms with Crippen LogP contribution < -0.4 is 9.47 Å². The molecule has 0 saturated carbocycles. The molecule has 0 radical (unpaired) electrons. The van der Waals surface area contributed by atoms with Crippen LogP contribution in [0.5, 0.6) is 11.5 Å². The molecule has 1 N–H and O–H groups in total. The van der Waals surface area contributed by atoms with E-state index in [1.807, 2.05) is 29.2 Å². The van der Waals surface area contributed by atoms with Crippen LogP contribution in [0.2, 0.25) is 0 Å². The van der Waals surface area contributed by atoms with Crippen LogP contribution in [0.15, 0.2) is 24.3 Å². The molecule has 3 rings (SSSR count). The first-order chi connectivity index (χ1) is 13.2. The Labute approximate surface area is 161 Å². The second kappa shape index (κ2) is 9.92. The second-order valence-corrected chi connectivity index (χ2v) is 7.28. The monoisotopic (exact) mass is 377 g/mol. The van der Waals surface area contributed by atoms with Crippen LogP contribution in [-0.4, -0.2) is 97.9 Å². The van der Waals surface area contributed by atoms with Crippen molar-refractivity contribution in [1.82, 2.24) is 14.7 Å². The number of aliphatic hydroxyl groups is 1. The summed E-state index contributed by atoms with van der Waals surface area (Å²) in [5, 5.41) is 10.3. The minimum absolute atomic E-state index is 0.230. The fraction of sp³-hybridized carbons (Fsp3) is 0.650. The summed E-state index contributed by atoms with van der Waals surface area (Å²) in [6.45, 7) is 6.59. The van der Waals surface area contributed by atoms with Crippen LogP contribution in [0.3, 0.4) is 0 Å². The van der Waals surface area contributed by atoms with Gasteiger partial charge in [-0.3, -0.25) is 14.6 Å². The van der Waals surface area contributed by atoms with E-state index in [1.165, 1.54) is 0 Å². The average molecular weight is 377 g/mol. The summed E-state index contributed by atoms with van der Waals surface area (Å²) in [4.78, 5) is 18.7. The predicted octanol–water partition coefficient (Wildman–Crippen LogP) is 0.675. The Morgan fingerprint density at radius 1 is 1.04 bits per heavy atom. The third kappa shape index (κ3) is 5.82. The molecule has 7 nitrogen and oxygen atoms in total. The van der Waals surface area contributed by atoms with Crippen molar-refractivity contribution in [3.8, 4) is 11.5 Å².